The number of hydrogen-bond donors (Lipinski definition) is 2. The maximum atomic E-state index is 12.9. The standard InChI is InChI=1S/C14H15F3N2O3/c1-7-4-9(5-10(12(7)18)14(15,16)17)6-11(13(21)22-3)19-8(2)20/h4-6H,18H2,1-3H3,(H,19,20). The number of halogens is 3. The lowest BCUT2D eigenvalue weighted by atomic mass is 10.0. The molecule has 1 aromatic rings. The number of aryl methyl sites for hydroxylation is 1. The Morgan fingerprint density at radius 3 is 2.36 bits per heavy atom. The molecule has 0 saturated heterocycles. The number of anilines is 1. The minimum Gasteiger partial charge on any atom is -0.464 e. The van der Waals surface area contributed by atoms with Gasteiger partial charge in [0.25, 0.3) is 0 Å². The topological polar surface area (TPSA) is 81.4 Å². The molecule has 0 bridgehead atoms. The van der Waals surface area contributed by atoms with Gasteiger partial charge < -0.3 is 15.8 Å². The summed E-state index contributed by atoms with van der Waals surface area (Å²) < 4.78 is 43.2. The summed E-state index contributed by atoms with van der Waals surface area (Å²) in [6.07, 6.45) is -3.53. The van der Waals surface area contributed by atoms with Crippen LogP contribution in [0.4, 0.5) is 18.9 Å². The van der Waals surface area contributed by atoms with Crippen LogP contribution in [0.2, 0.25) is 0 Å². The number of alkyl halides is 3. The van der Waals surface area contributed by atoms with Crippen LogP contribution in [0.25, 0.3) is 6.08 Å². The second-order valence-electron chi connectivity index (χ2n) is 4.53. The summed E-state index contributed by atoms with van der Waals surface area (Å²) in [5.41, 5.74) is 4.03. The number of nitrogens with two attached hydrogens (primary N) is 1. The summed E-state index contributed by atoms with van der Waals surface area (Å²) in [5.74, 6) is -1.43. The number of benzene rings is 1. The zero-order chi connectivity index (χ0) is 17.1. The minimum atomic E-state index is -4.63. The Hall–Kier alpha value is -2.51. The number of hydrogen-bond acceptors (Lipinski definition) is 4. The van der Waals surface area contributed by atoms with E-state index in [0.29, 0.717) is 0 Å². The van der Waals surface area contributed by atoms with Crippen LogP contribution in [-0.4, -0.2) is 19.0 Å². The smallest absolute Gasteiger partial charge is 0.418 e. The number of rotatable bonds is 3. The number of esters is 1. The Bertz CT molecular complexity index is 637. The molecule has 0 radical (unpaired) electrons. The van der Waals surface area contributed by atoms with E-state index in [9.17, 15) is 22.8 Å². The van der Waals surface area contributed by atoms with E-state index in [4.69, 9.17) is 5.73 Å². The molecule has 22 heavy (non-hydrogen) atoms. The van der Waals surface area contributed by atoms with Gasteiger partial charge in [-0.3, -0.25) is 4.79 Å². The van der Waals surface area contributed by atoms with Crippen molar-refractivity contribution in [3.8, 4) is 0 Å². The second-order valence-corrected chi connectivity index (χ2v) is 4.53. The summed E-state index contributed by atoms with van der Waals surface area (Å²) in [5, 5.41) is 2.21. The van der Waals surface area contributed by atoms with Crippen molar-refractivity contribution in [1.29, 1.82) is 0 Å². The highest BCUT2D eigenvalue weighted by atomic mass is 19.4. The van der Waals surface area contributed by atoms with E-state index in [1.807, 2.05) is 0 Å². The molecule has 0 aliphatic rings. The van der Waals surface area contributed by atoms with Crippen LogP contribution in [0.5, 0.6) is 0 Å². The predicted octanol–water partition coefficient (Wildman–Crippen LogP) is 2.25. The quantitative estimate of drug-likeness (QED) is 0.509. The summed E-state index contributed by atoms with van der Waals surface area (Å²) in [6.45, 7) is 2.57. The first-order valence-electron chi connectivity index (χ1n) is 6.11. The maximum Gasteiger partial charge on any atom is 0.418 e. The van der Waals surface area contributed by atoms with Crippen LogP contribution < -0.4 is 11.1 Å². The molecule has 120 valence electrons. The van der Waals surface area contributed by atoms with E-state index >= 15 is 0 Å². The maximum absolute atomic E-state index is 12.9. The summed E-state index contributed by atoms with van der Waals surface area (Å²) in [7, 11) is 1.09. The summed E-state index contributed by atoms with van der Waals surface area (Å²) in [6, 6.07) is 2.17. The number of carbonyl (C=O) groups excluding carboxylic acids is 2. The van der Waals surface area contributed by atoms with Crippen LogP contribution in [0.3, 0.4) is 0 Å². The molecule has 0 aliphatic heterocycles. The van der Waals surface area contributed by atoms with Crippen molar-refractivity contribution in [2.24, 2.45) is 0 Å². The SMILES string of the molecule is COC(=O)C(=Cc1cc(C)c(N)c(C(F)(F)F)c1)NC(C)=O. The van der Waals surface area contributed by atoms with Gasteiger partial charge in [0.05, 0.1) is 12.7 Å². The highest BCUT2D eigenvalue weighted by molar-refractivity contribution is 5.97. The molecule has 0 spiro atoms. The van der Waals surface area contributed by atoms with Crippen molar-refractivity contribution in [1.82, 2.24) is 5.32 Å². The van der Waals surface area contributed by atoms with Gasteiger partial charge in [0.15, 0.2) is 0 Å². The Morgan fingerprint density at radius 1 is 1.32 bits per heavy atom. The van der Waals surface area contributed by atoms with Crippen LogP contribution >= 0.6 is 0 Å². The van der Waals surface area contributed by atoms with Crippen molar-refractivity contribution in [2.45, 2.75) is 20.0 Å². The van der Waals surface area contributed by atoms with Gasteiger partial charge in [0, 0.05) is 12.6 Å². The van der Waals surface area contributed by atoms with Crippen molar-refractivity contribution in [3.63, 3.8) is 0 Å². The molecule has 0 heterocycles. The Balaban J connectivity index is 3.41. The van der Waals surface area contributed by atoms with E-state index in [0.717, 1.165) is 26.2 Å². The van der Waals surface area contributed by atoms with Crippen molar-refractivity contribution >= 4 is 23.6 Å². The third kappa shape index (κ3) is 4.24. The molecular weight excluding hydrogens is 301 g/mol. The van der Waals surface area contributed by atoms with Gasteiger partial charge in [-0.1, -0.05) is 0 Å². The molecule has 0 aromatic heterocycles. The zero-order valence-corrected chi connectivity index (χ0v) is 12.2. The monoisotopic (exact) mass is 316 g/mol. The average molecular weight is 316 g/mol. The molecule has 5 nitrogen and oxygen atoms in total. The van der Waals surface area contributed by atoms with Gasteiger partial charge in [0.2, 0.25) is 5.91 Å². The van der Waals surface area contributed by atoms with Crippen LogP contribution in [0.1, 0.15) is 23.6 Å². The van der Waals surface area contributed by atoms with Gasteiger partial charge in [-0.25, -0.2) is 4.79 Å². The van der Waals surface area contributed by atoms with Gasteiger partial charge >= 0.3 is 12.1 Å². The fourth-order valence-corrected chi connectivity index (χ4v) is 1.76. The molecule has 1 amide bonds. The molecule has 0 saturated carbocycles. The number of amides is 1. The molecule has 0 fully saturated rings. The van der Waals surface area contributed by atoms with E-state index in [1.54, 1.807) is 0 Å². The lowest BCUT2D eigenvalue weighted by Gasteiger charge is -2.14. The molecule has 8 heteroatoms. The van der Waals surface area contributed by atoms with E-state index < -0.39 is 23.6 Å². The number of nitrogens with one attached hydrogen (secondary N) is 1. The summed E-state index contributed by atoms with van der Waals surface area (Å²) >= 11 is 0. The van der Waals surface area contributed by atoms with Crippen molar-refractivity contribution in [2.75, 3.05) is 12.8 Å². The molecular formula is C14H15F3N2O3. The first kappa shape index (κ1) is 17.5. The lowest BCUT2D eigenvalue weighted by Crippen LogP contribution is -2.25. The van der Waals surface area contributed by atoms with Gasteiger partial charge in [-0.15, -0.1) is 0 Å². The third-order valence-corrected chi connectivity index (χ3v) is 2.74. The normalized spacial score (nSPS) is 12.0. The van der Waals surface area contributed by atoms with Gasteiger partial charge in [0.1, 0.15) is 5.70 Å². The third-order valence-electron chi connectivity index (χ3n) is 2.74. The van der Waals surface area contributed by atoms with Crippen LogP contribution in [-0.2, 0) is 20.5 Å². The Morgan fingerprint density at radius 2 is 1.91 bits per heavy atom. The van der Waals surface area contributed by atoms with Crippen LogP contribution in [0, 0.1) is 6.92 Å². The van der Waals surface area contributed by atoms with Crippen LogP contribution in [0.15, 0.2) is 17.8 Å². The number of carbonyl (C=O) groups is 2. The zero-order valence-electron chi connectivity index (χ0n) is 12.2. The average Bonchev–Trinajstić information content (AvgIpc) is 2.39. The fourth-order valence-electron chi connectivity index (χ4n) is 1.76. The molecule has 0 atom stereocenters. The Kier molecular flexibility index (Phi) is 5.19. The van der Waals surface area contributed by atoms with E-state index in [-0.39, 0.29) is 22.5 Å². The highest BCUT2D eigenvalue weighted by Crippen LogP contribution is 2.36. The first-order chi connectivity index (χ1) is 10.1. The van der Waals surface area contributed by atoms with E-state index in [2.05, 4.69) is 10.1 Å². The fraction of sp³-hybridized carbons (Fsp3) is 0.286. The first-order valence-corrected chi connectivity index (χ1v) is 6.11. The number of ether oxygens (including phenoxy) is 1. The summed E-state index contributed by atoms with van der Waals surface area (Å²) in [4.78, 5) is 22.6. The van der Waals surface area contributed by atoms with Crippen molar-refractivity contribution < 1.29 is 27.5 Å². The molecule has 1 rings (SSSR count). The second kappa shape index (κ2) is 6.50. The number of nitrogen functional groups attached to an aromatic ring is 1. The minimum absolute atomic E-state index is 0.0631. The van der Waals surface area contributed by atoms with E-state index in [1.165, 1.54) is 13.0 Å². The highest BCUT2D eigenvalue weighted by Gasteiger charge is 2.33. The van der Waals surface area contributed by atoms with Gasteiger partial charge in [-0.05, 0) is 36.3 Å². The molecule has 0 unspecified atom stereocenters. The molecule has 1 aromatic carbocycles. The predicted molar refractivity (Wildman–Crippen MR) is 74.4 cm³/mol. The molecule has 0 aliphatic carbocycles. The van der Waals surface area contributed by atoms with Crippen molar-refractivity contribution in [3.05, 3.63) is 34.5 Å². The largest absolute Gasteiger partial charge is 0.464 e. The van der Waals surface area contributed by atoms with Gasteiger partial charge in [-0.2, -0.15) is 13.2 Å². The lowest BCUT2D eigenvalue weighted by molar-refractivity contribution is -0.137. The number of methoxy groups -OCH3 is 1. The molecule has 3 N–H and O–H groups in total. The Labute approximate surface area is 124 Å².